The number of aromatic nitrogens is 1. The summed E-state index contributed by atoms with van der Waals surface area (Å²) in [5.41, 5.74) is 2.79. The molecule has 1 amide bonds. The lowest BCUT2D eigenvalue weighted by Gasteiger charge is -2.25. The van der Waals surface area contributed by atoms with E-state index in [0.717, 1.165) is 39.7 Å². The molecule has 10 heteroatoms. The highest BCUT2D eigenvalue weighted by Gasteiger charge is 2.26. The number of nitrogens with one attached hydrogen (secondary N) is 1. The average molecular weight is 445 g/mol. The van der Waals surface area contributed by atoms with Gasteiger partial charge in [0.25, 0.3) is 10.0 Å². The quantitative estimate of drug-likeness (QED) is 0.665. The molecular formula is C20H20N4O4S2. The predicted octanol–water partition coefficient (Wildman–Crippen LogP) is 2.45. The molecule has 2 aliphatic heterocycles. The maximum Gasteiger partial charge on any atom is 0.261 e. The zero-order chi connectivity index (χ0) is 20.9. The molecule has 0 bridgehead atoms. The number of hydrogen-bond donors (Lipinski definition) is 1. The van der Waals surface area contributed by atoms with Gasteiger partial charge in [0, 0.05) is 25.8 Å². The molecule has 0 radical (unpaired) electrons. The first-order chi connectivity index (χ1) is 14.4. The van der Waals surface area contributed by atoms with Gasteiger partial charge in [0.15, 0.2) is 5.13 Å². The summed E-state index contributed by atoms with van der Waals surface area (Å²) in [6.07, 6.45) is 0.215. The third-order valence-corrected chi connectivity index (χ3v) is 7.81. The van der Waals surface area contributed by atoms with E-state index in [4.69, 9.17) is 4.74 Å². The number of nitrogens with zero attached hydrogens (tertiary/aromatic N) is 3. The molecule has 0 spiro atoms. The highest BCUT2D eigenvalue weighted by atomic mass is 32.2. The fourth-order valence-corrected chi connectivity index (χ4v) is 5.85. The number of amides is 1. The van der Waals surface area contributed by atoms with E-state index in [2.05, 4.69) is 14.6 Å². The average Bonchev–Trinajstić information content (AvgIpc) is 3.28. The van der Waals surface area contributed by atoms with Crippen LogP contribution >= 0.6 is 11.3 Å². The van der Waals surface area contributed by atoms with Crippen LogP contribution in [0.15, 0.2) is 41.3 Å². The molecule has 0 unspecified atom stereocenters. The van der Waals surface area contributed by atoms with E-state index in [1.807, 2.05) is 6.07 Å². The number of carbonyl (C=O) groups is 1. The summed E-state index contributed by atoms with van der Waals surface area (Å²) < 4.78 is 34.8. The standard InChI is InChI=1S/C20H20N4O4S2/c1-23-17-5-3-15(10-13(17)11-19(23)25)30(26,27)22-14-2-4-16-18(12-14)29-20(21-16)24-6-8-28-9-7-24/h2-5,10,12,22H,6-9,11H2,1H3. The molecule has 1 N–H and O–H groups in total. The number of morpholine rings is 1. The minimum Gasteiger partial charge on any atom is -0.378 e. The zero-order valence-corrected chi connectivity index (χ0v) is 17.9. The summed E-state index contributed by atoms with van der Waals surface area (Å²) >= 11 is 1.54. The minimum atomic E-state index is -3.77. The van der Waals surface area contributed by atoms with Crippen LogP contribution < -0.4 is 14.5 Å². The molecule has 1 fully saturated rings. The van der Waals surface area contributed by atoms with Gasteiger partial charge in [-0.15, -0.1) is 0 Å². The Hall–Kier alpha value is -2.69. The zero-order valence-electron chi connectivity index (χ0n) is 16.3. The van der Waals surface area contributed by atoms with Crippen molar-refractivity contribution in [3.8, 4) is 0 Å². The van der Waals surface area contributed by atoms with E-state index in [1.165, 1.54) is 17.4 Å². The van der Waals surface area contributed by atoms with Gasteiger partial charge in [0.1, 0.15) is 0 Å². The Labute approximate surface area is 178 Å². The molecule has 2 aliphatic rings. The smallest absolute Gasteiger partial charge is 0.261 e. The van der Waals surface area contributed by atoms with E-state index in [-0.39, 0.29) is 17.2 Å². The van der Waals surface area contributed by atoms with Crippen LogP contribution in [-0.2, 0) is 26.0 Å². The maximum absolute atomic E-state index is 12.9. The number of carbonyl (C=O) groups excluding carboxylic acids is 1. The second kappa shape index (κ2) is 7.22. The van der Waals surface area contributed by atoms with E-state index in [9.17, 15) is 13.2 Å². The third-order valence-electron chi connectivity index (χ3n) is 5.35. The first-order valence-electron chi connectivity index (χ1n) is 9.56. The molecule has 30 heavy (non-hydrogen) atoms. The summed E-state index contributed by atoms with van der Waals surface area (Å²) in [7, 11) is -2.08. The van der Waals surface area contributed by atoms with Gasteiger partial charge < -0.3 is 14.5 Å². The molecule has 3 aromatic rings. The summed E-state index contributed by atoms with van der Waals surface area (Å²) in [5, 5.41) is 0.917. The van der Waals surface area contributed by atoms with Gasteiger partial charge in [-0.25, -0.2) is 13.4 Å². The monoisotopic (exact) mass is 444 g/mol. The molecule has 0 saturated carbocycles. The molecule has 1 saturated heterocycles. The van der Waals surface area contributed by atoms with Crippen molar-refractivity contribution in [2.24, 2.45) is 0 Å². The van der Waals surface area contributed by atoms with Crippen molar-refractivity contribution in [2.45, 2.75) is 11.3 Å². The van der Waals surface area contributed by atoms with Gasteiger partial charge in [-0.05, 0) is 42.0 Å². The van der Waals surface area contributed by atoms with Crippen molar-refractivity contribution in [3.63, 3.8) is 0 Å². The molecule has 0 aliphatic carbocycles. The number of sulfonamides is 1. The fraction of sp³-hybridized carbons (Fsp3) is 0.300. The van der Waals surface area contributed by atoms with Crippen molar-refractivity contribution in [1.29, 1.82) is 0 Å². The van der Waals surface area contributed by atoms with Crippen LogP contribution in [-0.4, -0.2) is 52.7 Å². The second-order valence-electron chi connectivity index (χ2n) is 7.30. The second-order valence-corrected chi connectivity index (χ2v) is 10.00. The van der Waals surface area contributed by atoms with E-state index in [0.29, 0.717) is 18.9 Å². The SMILES string of the molecule is CN1C(=O)Cc2cc(S(=O)(=O)Nc3ccc4nc(N5CCOCC5)sc4c3)ccc21. The molecular weight excluding hydrogens is 424 g/mol. The maximum atomic E-state index is 12.9. The normalized spacial score (nSPS) is 16.9. The lowest BCUT2D eigenvalue weighted by atomic mass is 10.2. The Balaban J connectivity index is 1.40. The van der Waals surface area contributed by atoms with E-state index in [1.54, 1.807) is 36.2 Å². The van der Waals surface area contributed by atoms with Gasteiger partial charge in [-0.3, -0.25) is 9.52 Å². The topological polar surface area (TPSA) is 91.8 Å². The van der Waals surface area contributed by atoms with Crippen LogP contribution in [0.25, 0.3) is 10.2 Å². The van der Waals surface area contributed by atoms with Crippen molar-refractivity contribution in [1.82, 2.24) is 4.98 Å². The Morgan fingerprint density at radius 2 is 1.93 bits per heavy atom. The molecule has 3 heterocycles. The summed E-state index contributed by atoms with van der Waals surface area (Å²) in [5.74, 6) is -0.0424. The number of anilines is 3. The van der Waals surface area contributed by atoms with Crippen LogP contribution in [0.2, 0.25) is 0 Å². The largest absolute Gasteiger partial charge is 0.378 e. The Bertz CT molecular complexity index is 1250. The first kappa shape index (κ1) is 19.3. The highest BCUT2D eigenvalue weighted by molar-refractivity contribution is 7.92. The number of thiazole rings is 1. The van der Waals surface area contributed by atoms with Crippen molar-refractivity contribution >= 4 is 54.0 Å². The summed E-state index contributed by atoms with van der Waals surface area (Å²) in [6, 6.07) is 10.1. The molecule has 8 nitrogen and oxygen atoms in total. The molecule has 1 aromatic heterocycles. The molecule has 2 aromatic carbocycles. The minimum absolute atomic E-state index is 0.0424. The summed E-state index contributed by atoms with van der Waals surface area (Å²) in [4.78, 5) is 20.4. The Morgan fingerprint density at radius 1 is 1.13 bits per heavy atom. The van der Waals surface area contributed by atoms with E-state index < -0.39 is 10.0 Å². The van der Waals surface area contributed by atoms with E-state index >= 15 is 0 Å². The lowest BCUT2D eigenvalue weighted by molar-refractivity contribution is -0.117. The molecule has 156 valence electrons. The number of hydrogen-bond acceptors (Lipinski definition) is 7. The number of fused-ring (bicyclic) bond motifs is 2. The Morgan fingerprint density at radius 3 is 2.73 bits per heavy atom. The van der Waals surface area contributed by atoms with Crippen LogP contribution in [0.1, 0.15) is 5.56 Å². The lowest BCUT2D eigenvalue weighted by Crippen LogP contribution is -2.36. The van der Waals surface area contributed by atoms with Gasteiger partial charge in [0.05, 0.1) is 40.4 Å². The molecule has 5 rings (SSSR count). The van der Waals surface area contributed by atoms with Crippen LogP contribution in [0.3, 0.4) is 0 Å². The first-order valence-corrected chi connectivity index (χ1v) is 11.9. The van der Waals surface area contributed by atoms with Crippen LogP contribution in [0.5, 0.6) is 0 Å². The van der Waals surface area contributed by atoms with Crippen LogP contribution in [0.4, 0.5) is 16.5 Å². The summed E-state index contributed by atoms with van der Waals surface area (Å²) in [6.45, 7) is 2.97. The van der Waals surface area contributed by atoms with Crippen molar-refractivity contribution in [3.05, 3.63) is 42.0 Å². The van der Waals surface area contributed by atoms with Crippen molar-refractivity contribution in [2.75, 3.05) is 47.9 Å². The fourth-order valence-electron chi connectivity index (χ4n) is 3.69. The third kappa shape index (κ3) is 3.40. The van der Waals surface area contributed by atoms with Gasteiger partial charge in [-0.2, -0.15) is 0 Å². The number of ether oxygens (including phenoxy) is 1. The number of likely N-dealkylation sites (N-methyl/N-ethyl adjacent to an activating group) is 1. The predicted molar refractivity (Wildman–Crippen MR) is 117 cm³/mol. The van der Waals surface area contributed by atoms with Crippen LogP contribution in [0, 0.1) is 0 Å². The van der Waals surface area contributed by atoms with Gasteiger partial charge >= 0.3 is 0 Å². The van der Waals surface area contributed by atoms with Crippen molar-refractivity contribution < 1.29 is 17.9 Å². The van der Waals surface area contributed by atoms with Gasteiger partial charge in [-0.1, -0.05) is 11.3 Å². The number of benzene rings is 2. The number of rotatable bonds is 4. The molecule has 0 atom stereocenters. The van der Waals surface area contributed by atoms with Gasteiger partial charge in [0.2, 0.25) is 5.91 Å². The highest BCUT2D eigenvalue weighted by Crippen LogP contribution is 2.33. The Kier molecular flexibility index (Phi) is 4.64.